The van der Waals surface area contributed by atoms with Gasteiger partial charge in [0.25, 0.3) is 0 Å². The van der Waals surface area contributed by atoms with Crippen molar-refractivity contribution in [3.8, 4) is 40.1 Å². The van der Waals surface area contributed by atoms with Crippen LogP contribution in [0.1, 0.15) is 6.92 Å². The van der Waals surface area contributed by atoms with Crippen molar-refractivity contribution in [3.05, 3.63) is 36.4 Å². The summed E-state index contributed by atoms with van der Waals surface area (Å²) in [6.45, 7) is 0.925. The highest BCUT2D eigenvalue weighted by molar-refractivity contribution is 5.88. The van der Waals surface area contributed by atoms with Gasteiger partial charge in [-0.3, -0.25) is 0 Å². The maximum absolute atomic E-state index is 10.7. The molecule has 0 radical (unpaired) electrons. The van der Waals surface area contributed by atoms with Gasteiger partial charge in [-0.1, -0.05) is 0 Å². The zero-order chi connectivity index (χ0) is 30.5. The Bertz CT molecular complexity index is 1430. The predicted octanol–water partition coefficient (Wildman–Crippen LogP) is -0.766. The number of hydrogen-bond donors (Lipinski definition) is 10. The molecule has 0 bridgehead atoms. The van der Waals surface area contributed by atoms with Crippen LogP contribution in [0.3, 0.4) is 0 Å². The van der Waals surface area contributed by atoms with E-state index in [9.17, 15) is 51.1 Å². The van der Waals surface area contributed by atoms with Gasteiger partial charge in [-0.2, -0.15) is 0 Å². The molecule has 0 aliphatic carbocycles. The van der Waals surface area contributed by atoms with E-state index in [4.69, 9.17) is 23.4 Å². The van der Waals surface area contributed by atoms with Gasteiger partial charge in [0.05, 0.1) is 24.3 Å². The van der Waals surface area contributed by atoms with Crippen LogP contribution in [0, 0.1) is 0 Å². The van der Waals surface area contributed by atoms with Crippen LogP contribution < -0.4 is 4.74 Å². The van der Waals surface area contributed by atoms with Gasteiger partial charge in [0.2, 0.25) is 12.0 Å². The predicted molar refractivity (Wildman–Crippen MR) is 138 cm³/mol. The molecule has 2 aromatic carbocycles. The minimum Gasteiger partial charge on any atom is -0.507 e. The first-order valence-electron chi connectivity index (χ1n) is 12.9. The molecule has 0 saturated carbocycles. The number of hydrogen-bond acceptors (Lipinski definition) is 14. The number of benzene rings is 2. The summed E-state index contributed by atoms with van der Waals surface area (Å²) in [5, 5.41) is 102. The Hall–Kier alpha value is -3.51. The van der Waals surface area contributed by atoms with Gasteiger partial charge in [-0.15, -0.1) is 0 Å². The normalized spacial score (nSPS) is 33.5. The summed E-state index contributed by atoms with van der Waals surface area (Å²) in [5.41, 5.74) is 0.163. The van der Waals surface area contributed by atoms with Gasteiger partial charge in [-0.05, 0) is 19.1 Å². The Morgan fingerprint density at radius 2 is 1.40 bits per heavy atom. The fraction of sp³-hybridized carbons (Fsp3) is 0.444. The molecule has 2 fully saturated rings. The number of aliphatic hydroxyl groups is 6. The van der Waals surface area contributed by atoms with Crippen LogP contribution in [0.2, 0.25) is 0 Å². The largest absolute Gasteiger partial charge is 0.507 e. The van der Waals surface area contributed by atoms with E-state index in [1.165, 1.54) is 31.2 Å². The van der Waals surface area contributed by atoms with Gasteiger partial charge in [0.15, 0.2) is 17.8 Å². The van der Waals surface area contributed by atoms with E-state index in [1.54, 1.807) is 0 Å². The van der Waals surface area contributed by atoms with E-state index >= 15 is 0 Å². The van der Waals surface area contributed by atoms with Crippen LogP contribution in [-0.2, 0) is 14.2 Å². The molecular weight excluding hydrogens is 564 g/mol. The van der Waals surface area contributed by atoms with Crippen molar-refractivity contribution in [1.82, 2.24) is 0 Å². The van der Waals surface area contributed by atoms with Crippen molar-refractivity contribution in [1.29, 1.82) is 0 Å². The third kappa shape index (κ3) is 5.61. The molecule has 10 N–H and O–H groups in total. The van der Waals surface area contributed by atoms with Gasteiger partial charge in [-0.25, -0.2) is 4.42 Å². The number of aromatic hydroxyl groups is 4. The quantitative estimate of drug-likeness (QED) is 0.124. The summed E-state index contributed by atoms with van der Waals surface area (Å²) >= 11 is 0. The third-order valence-corrected chi connectivity index (χ3v) is 7.20. The molecular formula is C27H31O15+. The second-order valence-corrected chi connectivity index (χ2v) is 10.2. The molecule has 3 aromatic rings. The molecule has 5 rings (SSSR count). The molecule has 3 heterocycles. The molecule has 0 spiro atoms. The fourth-order valence-corrected chi connectivity index (χ4v) is 4.76. The highest BCUT2D eigenvalue weighted by atomic mass is 16.7. The van der Waals surface area contributed by atoms with Gasteiger partial charge in [0.1, 0.15) is 59.6 Å². The lowest BCUT2D eigenvalue weighted by molar-refractivity contribution is -0.318. The maximum atomic E-state index is 10.7. The van der Waals surface area contributed by atoms with E-state index in [0.717, 1.165) is 12.1 Å². The lowest BCUT2D eigenvalue weighted by Crippen LogP contribution is -2.61. The fourth-order valence-electron chi connectivity index (χ4n) is 4.76. The molecule has 42 heavy (non-hydrogen) atoms. The van der Waals surface area contributed by atoms with Crippen molar-refractivity contribution in [2.24, 2.45) is 0 Å². The average molecular weight is 596 g/mol. The summed E-state index contributed by atoms with van der Waals surface area (Å²) < 4.78 is 28.3. The smallest absolute Gasteiger partial charge is 0.402 e. The van der Waals surface area contributed by atoms with Crippen LogP contribution in [0.15, 0.2) is 40.8 Å². The molecule has 0 amide bonds. The molecule has 10 atom stereocenters. The first kappa shape index (κ1) is 30.0. The number of phenols is 4. The lowest BCUT2D eigenvalue weighted by Gasteiger charge is -2.42. The second kappa shape index (κ2) is 11.6. The number of aliphatic hydroxyl groups excluding tert-OH is 6. The number of ether oxygens (including phenoxy) is 4. The third-order valence-electron chi connectivity index (χ3n) is 7.20. The van der Waals surface area contributed by atoms with Gasteiger partial charge in [0, 0.05) is 18.2 Å². The maximum Gasteiger partial charge on any atom is 0.402 e. The molecule has 15 nitrogen and oxygen atoms in total. The van der Waals surface area contributed by atoms with Crippen LogP contribution in [0.4, 0.5) is 0 Å². The summed E-state index contributed by atoms with van der Waals surface area (Å²) in [5.74, 6) is -1.92. The van der Waals surface area contributed by atoms with Crippen LogP contribution in [-0.4, -0.2) is 119 Å². The zero-order valence-electron chi connectivity index (χ0n) is 22.0. The zero-order valence-corrected chi connectivity index (χ0v) is 22.0. The minimum absolute atomic E-state index is 0.00170. The first-order chi connectivity index (χ1) is 19.8. The molecule has 228 valence electrons. The van der Waals surface area contributed by atoms with Gasteiger partial charge >= 0.3 is 11.3 Å². The molecule has 5 unspecified atom stereocenters. The van der Waals surface area contributed by atoms with Crippen molar-refractivity contribution < 1.29 is 74.4 Å². The van der Waals surface area contributed by atoms with E-state index in [2.05, 4.69) is 0 Å². The van der Waals surface area contributed by atoms with Gasteiger partial charge < -0.3 is 70.0 Å². The van der Waals surface area contributed by atoms with Crippen molar-refractivity contribution in [3.63, 3.8) is 0 Å². The summed E-state index contributed by atoms with van der Waals surface area (Å²) in [4.78, 5) is 0. The summed E-state index contributed by atoms with van der Waals surface area (Å²) in [6, 6.07) is 7.22. The molecule has 2 aliphatic rings. The van der Waals surface area contributed by atoms with Crippen molar-refractivity contribution in [2.45, 2.75) is 68.3 Å². The Balaban J connectivity index is 1.44. The topological polar surface area (TPSA) is 251 Å². The molecule has 1 aromatic heterocycles. The Kier molecular flexibility index (Phi) is 8.30. The van der Waals surface area contributed by atoms with E-state index in [1.807, 2.05) is 0 Å². The first-order valence-corrected chi connectivity index (χ1v) is 12.9. The number of phenolic OH excluding ortho intramolecular Hbond substituents is 4. The Morgan fingerprint density at radius 3 is 2.12 bits per heavy atom. The highest BCUT2D eigenvalue weighted by Crippen LogP contribution is 2.42. The lowest BCUT2D eigenvalue weighted by atomic mass is 9.98. The molecule has 2 aliphatic heterocycles. The van der Waals surface area contributed by atoms with E-state index in [0.29, 0.717) is 0 Å². The second-order valence-electron chi connectivity index (χ2n) is 10.2. The monoisotopic (exact) mass is 595 g/mol. The van der Waals surface area contributed by atoms with Crippen molar-refractivity contribution >= 4 is 11.0 Å². The minimum atomic E-state index is -1.82. The van der Waals surface area contributed by atoms with Crippen molar-refractivity contribution in [2.75, 3.05) is 6.61 Å². The van der Waals surface area contributed by atoms with Crippen LogP contribution >= 0.6 is 0 Å². The Labute approximate surface area is 237 Å². The van der Waals surface area contributed by atoms with E-state index in [-0.39, 0.29) is 33.8 Å². The van der Waals surface area contributed by atoms with E-state index < -0.39 is 85.3 Å². The summed E-state index contributed by atoms with van der Waals surface area (Å²) in [7, 11) is 0. The highest BCUT2D eigenvalue weighted by Gasteiger charge is 2.48. The van der Waals surface area contributed by atoms with Crippen LogP contribution in [0.25, 0.3) is 22.3 Å². The van der Waals surface area contributed by atoms with Crippen LogP contribution in [0.5, 0.6) is 28.7 Å². The Morgan fingerprint density at radius 1 is 0.714 bits per heavy atom. The average Bonchev–Trinajstić information content (AvgIpc) is 2.95. The summed E-state index contributed by atoms with van der Waals surface area (Å²) in [6.07, 6.45) is -15.3. The molecule has 2 saturated heterocycles. The number of rotatable bonds is 6. The molecule has 15 heteroatoms. The number of fused-ring (bicyclic) bond motifs is 1. The standard InChI is InChI=1S/C27H30O15/c1-9-19(32)21(34)23(36)26(39-9)38-8-18-20(33)22(35)24(37)27(42-18)41-17-7-12-14(30)5-11(28)6-16(12)40-25(17)10-2-3-13(29)15(31)4-10/h2-7,9,18-24,26-27,32-37H,8H2,1H3,(H3-,28,29,30,31)/p+1/t9?,18?,19-,20-,21-,22?,23?,24?,26+,27+/m0/s1. The SMILES string of the molecule is CC1O[C@@H](OCC2O[C@@H](Oc3cc4c(O)cc(O)cc4[o+]c3-c3ccc(O)c(O)c3)C(O)C(O)[C@H]2O)C(O)[C@@H](O)[C@H]1O.